The highest BCUT2D eigenvalue weighted by molar-refractivity contribution is 8.16. The molecule has 0 aliphatic carbocycles. The first-order valence-corrected chi connectivity index (χ1v) is 12.3. The Balaban J connectivity index is 1.69. The second-order valence-electron chi connectivity index (χ2n) is 7.27. The lowest BCUT2D eigenvalue weighted by molar-refractivity contribution is -0.137. The van der Waals surface area contributed by atoms with E-state index in [0.717, 1.165) is 23.9 Å². The normalized spacial score (nSPS) is 23.9. The zero-order chi connectivity index (χ0) is 22.4. The number of fused-ring (bicyclic) bond motifs is 1. The number of alkyl halides is 3. The molecule has 11 heteroatoms. The number of thioether (sulfide) groups is 1. The van der Waals surface area contributed by atoms with E-state index in [2.05, 4.69) is 4.99 Å². The molecule has 0 saturated carbocycles. The number of rotatable bonds is 3. The predicted octanol–water partition coefficient (Wildman–Crippen LogP) is 4.20. The minimum atomic E-state index is -4.55. The second-order valence-corrected chi connectivity index (χ2v) is 11.0. The lowest BCUT2D eigenvalue weighted by atomic mass is 10.1. The van der Waals surface area contributed by atoms with Gasteiger partial charge in [-0.15, -0.1) is 0 Å². The molecule has 2 aromatic rings. The summed E-state index contributed by atoms with van der Waals surface area (Å²) in [6, 6.07) is 10.8. The van der Waals surface area contributed by atoms with Crippen molar-refractivity contribution in [3.05, 3.63) is 64.7 Å². The van der Waals surface area contributed by atoms with Gasteiger partial charge in [-0.1, -0.05) is 47.6 Å². The fourth-order valence-corrected chi connectivity index (χ4v) is 7.78. The van der Waals surface area contributed by atoms with E-state index in [1.807, 2.05) is 0 Å². The van der Waals surface area contributed by atoms with Crippen LogP contribution in [0.3, 0.4) is 0 Å². The summed E-state index contributed by atoms with van der Waals surface area (Å²) in [5.41, 5.74) is -0.132. The van der Waals surface area contributed by atoms with Gasteiger partial charge in [-0.05, 0) is 29.8 Å². The van der Waals surface area contributed by atoms with Crippen LogP contribution in [0.2, 0.25) is 5.02 Å². The highest BCUT2D eigenvalue weighted by Gasteiger charge is 2.49. The molecule has 0 bridgehead atoms. The number of carbonyl (C=O) groups is 1. The first-order chi connectivity index (χ1) is 14.5. The van der Waals surface area contributed by atoms with Crippen molar-refractivity contribution < 1.29 is 26.4 Å². The van der Waals surface area contributed by atoms with Gasteiger partial charge in [0.15, 0.2) is 15.0 Å². The van der Waals surface area contributed by atoms with Crippen molar-refractivity contribution in [2.45, 2.75) is 23.9 Å². The first kappa shape index (κ1) is 22.2. The highest BCUT2D eigenvalue weighted by Crippen LogP contribution is 2.42. The number of aliphatic imine (C=N–C) groups is 1. The zero-order valence-corrected chi connectivity index (χ0v) is 18.2. The van der Waals surface area contributed by atoms with Crippen molar-refractivity contribution in [3.63, 3.8) is 0 Å². The summed E-state index contributed by atoms with van der Waals surface area (Å²) in [6.45, 7) is 0. The number of benzene rings is 2. The third kappa shape index (κ3) is 4.75. The quantitative estimate of drug-likeness (QED) is 0.647. The van der Waals surface area contributed by atoms with Crippen LogP contribution in [0.4, 0.5) is 18.9 Å². The number of hydrogen-bond donors (Lipinski definition) is 0. The Morgan fingerprint density at radius 3 is 2.61 bits per heavy atom. The van der Waals surface area contributed by atoms with Gasteiger partial charge in [-0.25, -0.2) is 8.42 Å². The maximum absolute atomic E-state index is 13.2. The van der Waals surface area contributed by atoms with Gasteiger partial charge in [-0.2, -0.15) is 18.2 Å². The van der Waals surface area contributed by atoms with Crippen molar-refractivity contribution in [2.75, 3.05) is 16.4 Å². The molecule has 31 heavy (non-hydrogen) atoms. The van der Waals surface area contributed by atoms with Crippen LogP contribution in [0.15, 0.2) is 53.5 Å². The van der Waals surface area contributed by atoms with E-state index < -0.39 is 38.8 Å². The van der Waals surface area contributed by atoms with Gasteiger partial charge < -0.3 is 4.90 Å². The molecule has 5 nitrogen and oxygen atoms in total. The second kappa shape index (κ2) is 8.14. The van der Waals surface area contributed by atoms with Gasteiger partial charge in [0, 0.05) is 16.0 Å². The van der Waals surface area contributed by atoms with Crippen molar-refractivity contribution in [3.8, 4) is 0 Å². The summed E-state index contributed by atoms with van der Waals surface area (Å²) in [6.07, 6.45) is -4.63. The summed E-state index contributed by atoms with van der Waals surface area (Å²) in [5, 5.41) is 0.195. The maximum atomic E-state index is 13.2. The van der Waals surface area contributed by atoms with Crippen LogP contribution in [-0.4, -0.2) is 42.3 Å². The lowest BCUT2D eigenvalue weighted by Gasteiger charge is -2.25. The Morgan fingerprint density at radius 2 is 1.90 bits per heavy atom. The van der Waals surface area contributed by atoms with E-state index in [-0.39, 0.29) is 28.8 Å². The molecule has 0 spiro atoms. The van der Waals surface area contributed by atoms with Crippen LogP contribution in [0.5, 0.6) is 0 Å². The topological polar surface area (TPSA) is 66.8 Å². The third-order valence-electron chi connectivity index (χ3n) is 5.04. The highest BCUT2D eigenvalue weighted by atomic mass is 35.5. The lowest BCUT2D eigenvalue weighted by Crippen LogP contribution is -2.38. The Bertz CT molecular complexity index is 1170. The molecule has 1 amide bonds. The molecule has 2 atom stereocenters. The fourth-order valence-electron chi connectivity index (χ4n) is 3.65. The van der Waals surface area contributed by atoms with E-state index in [1.54, 1.807) is 24.3 Å². The number of amidine groups is 1. The molecule has 2 heterocycles. The molecule has 164 valence electrons. The van der Waals surface area contributed by atoms with E-state index >= 15 is 0 Å². The third-order valence-corrected chi connectivity index (χ3v) is 8.62. The van der Waals surface area contributed by atoms with Crippen molar-refractivity contribution in [1.29, 1.82) is 0 Å². The molecular formula is C20H16ClF3N2O3S2. The molecule has 2 aliphatic rings. The number of anilines is 1. The maximum Gasteiger partial charge on any atom is 0.416 e. The van der Waals surface area contributed by atoms with Crippen LogP contribution in [-0.2, 0) is 27.2 Å². The Kier molecular flexibility index (Phi) is 5.82. The van der Waals surface area contributed by atoms with E-state index in [0.29, 0.717) is 10.6 Å². The van der Waals surface area contributed by atoms with E-state index in [9.17, 15) is 26.4 Å². The number of sulfone groups is 1. The summed E-state index contributed by atoms with van der Waals surface area (Å²) in [5.74, 6) is -0.843. The van der Waals surface area contributed by atoms with Crippen molar-refractivity contribution in [2.24, 2.45) is 4.99 Å². The predicted molar refractivity (Wildman–Crippen MR) is 115 cm³/mol. The van der Waals surface area contributed by atoms with Crippen LogP contribution in [0, 0.1) is 0 Å². The van der Waals surface area contributed by atoms with Gasteiger partial charge in [0.05, 0.1) is 29.5 Å². The average molecular weight is 489 g/mol. The largest absolute Gasteiger partial charge is 0.416 e. The molecule has 2 saturated heterocycles. The van der Waals surface area contributed by atoms with Crippen LogP contribution < -0.4 is 4.90 Å². The number of nitrogens with zero attached hydrogens (tertiary/aromatic N) is 2. The van der Waals surface area contributed by atoms with Crippen LogP contribution in [0.25, 0.3) is 0 Å². The molecule has 0 radical (unpaired) electrons. The molecule has 0 unspecified atom stereocenters. The molecule has 2 fully saturated rings. The van der Waals surface area contributed by atoms with Crippen LogP contribution in [0.1, 0.15) is 11.1 Å². The fraction of sp³-hybridized carbons (Fsp3) is 0.300. The Hall–Kier alpha value is -2.04. The monoisotopic (exact) mass is 488 g/mol. The summed E-state index contributed by atoms with van der Waals surface area (Å²) < 4.78 is 63.9. The molecule has 0 aromatic heterocycles. The zero-order valence-electron chi connectivity index (χ0n) is 15.8. The smallest absolute Gasteiger partial charge is 0.316 e. The average Bonchev–Trinajstić information content (AvgIpc) is 3.13. The van der Waals surface area contributed by atoms with Gasteiger partial charge in [0.2, 0.25) is 0 Å². The van der Waals surface area contributed by atoms with Crippen LogP contribution >= 0.6 is 23.4 Å². The molecule has 0 N–H and O–H groups in total. The molecular weight excluding hydrogens is 473 g/mol. The molecule has 2 aromatic carbocycles. The Morgan fingerprint density at radius 1 is 1.16 bits per heavy atom. The van der Waals surface area contributed by atoms with Gasteiger partial charge >= 0.3 is 6.18 Å². The summed E-state index contributed by atoms with van der Waals surface area (Å²) >= 11 is 7.19. The van der Waals surface area contributed by atoms with Crippen molar-refractivity contribution in [1.82, 2.24) is 0 Å². The number of carbonyl (C=O) groups excluding carboxylic acids is 1. The minimum absolute atomic E-state index is 0.0756. The van der Waals surface area contributed by atoms with E-state index in [1.165, 1.54) is 17.0 Å². The molecule has 2 aliphatic heterocycles. The number of halogens is 4. The van der Waals surface area contributed by atoms with Crippen molar-refractivity contribution >= 4 is 50.0 Å². The number of hydrogen-bond acceptors (Lipinski definition) is 4. The van der Waals surface area contributed by atoms with Gasteiger partial charge in [0.1, 0.15) is 0 Å². The van der Waals surface area contributed by atoms with Gasteiger partial charge in [0.25, 0.3) is 5.91 Å². The minimum Gasteiger partial charge on any atom is -0.316 e. The standard InChI is InChI=1S/C20H16ClF3N2O3S2/c21-15-7-2-1-4-12(15)8-18(27)25-19-26(16-10-31(28,29)11-17(16)30-19)14-6-3-5-13(9-14)20(22,23)24/h1-7,9,16-17H,8,10-11H2/t16-,17-/m1/s1. The van der Waals surface area contributed by atoms with E-state index in [4.69, 9.17) is 11.6 Å². The Labute approximate surface area is 186 Å². The summed E-state index contributed by atoms with van der Waals surface area (Å²) in [4.78, 5) is 18.2. The van der Waals surface area contributed by atoms with Gasteiger partial charge in [-0.3, -0.25) is 4.79 Å². The number of amides is 1. The SMILES string of the molecule is O=C(Cc1ccccc1Cl)N=C1S[C@@H]2CS(=O)(=O)C[C@H]2N1c1cccc(C(F)(F)F)c1. The summed E-state index contributed by atoms with van der Waals surface area (Å²) in [7, 11) is -3.33. The molecule has 4 rings (SSSR count). The first-order valence-electron chi connectivity index (χ1n) is 9.22.